The molecule has 3 aromatic heterocycles. The maximum atomic E-state index is 12.4. The van der Waals surface area contributed by atoms with E-state index in [1.807, 2.05) is 48.5 Å². The van der Waals surface area contributed by atoms with Crippen LogP contribution in [0, 0.1) is 0 Å². The number of aromatic nitrogens is 3. The Kier molecular flexibility index (Phi) is 4.53. The first kappa shape index (κ1) is 17.8. The molecule has 0 bridgehead atoms. The SMILES string of the molecule is O=C(Nc1cccc(CNc2ncnc3c2oc2ccccc23)c1)c1ccncc1. The first-order valence-corrected chi connectivity index (χ1v) is 9.44. The van der Waals surface area contributed by atoms with Crippen molar-refractivity contribution in [3.05, 3.63) is 90.5 Å². The van der Waals surface area contributed by atoms with Crippen LogP contribution in [0.4, 0.5) is 11.5 Å². The highest BCUT2D eigenvalue weighted by atomic mass is 16.3. The molecule has 7 heteroatoms. The van der Waals surface area contributed by atoms with E-state index >= 15 is 0 Å². The van der Waals surface area contributed by atoms with Crippen molar-refractivity contribution in [3.63, 3.8) is 0 Å². The number of pyridine rings is 1. The predicted molar refractivity (Wildman–Crippen MR) is 115 cm³/mol. The van der Waals surface area contributed by atoms with Crippen LogP contribution in [0.15, 0.2) is 83.8 Å². The highest BCUT2D eigenvalue weighted by Gasteiger charge is 2.12. The maximum absolute atomic E-state index is 12.4. The molecule has 0 unspecified atom stereocenters. The first-order chi connectivity index (χ1) is 14.8. The smallest absolute Gasteiger partial charge is 0.255 e. The number of furan rings is 1. The van der Waals surface area contributed by atoms with E-state index < -0.39 is 0 Å². The van der Waals surface area contributed by atoms with Gasteiger partial charge in [-0.1, -0.05) is 24.3 Å². The molecule has 0 saturated carbocycles. The third-order valence-electron chi connectivity index (χ3n) is 4.75. The van der Waals surface area contributed by atoms with Crippen LogP contribution < -0.4 is 10.6 Å². The number of para-hydroxylation sites is 1. The summed E-state index contributed by atoms with van der Waals surface area (Å²) >= 11 is 0. The van der Waals surface area contributed by atoms with Crippen LogP contribution in [0.3, 0.4) is 0 Å². The lowest BCUT2D eigenvalue weighted by Gasteiger charge is -2.09. The highest BCUT2D eigenvalue weighted by molar-refractivity contribution is 6.05. The van der Waals surface area contributed by atoms with E-state index in [9.17, 15) is 4.79 Å². The fourth-order valence-corrected chi connectivity index (χ4v) is 3.30. The van der Waals surface area contributed by atoms with Crippen LogP contribution in [0.2, 0.25) is 0 Å². The van der Waals surface area contributed by atoms with Gasteiger partial charge >= 0.3 is 0 Å². The zero-order valence-corrected chi connectivity index (χ0v) is 15.9. The molecule has 1 amide bonds. The summed E-state index contributed by atoms with van der Waals surface area (Å²) in [4.78, 5) is 25.0. The van der Waals surface area contributed by atoms with Crippen LogP contribution in [0.5, 0.6) is 0 Å². The van der Waals surface area contributed by atoms with E-state index in [1.54, 1.807) is 24.5 Å². The van der Waals surface area contributed by atoms with Crippen LogP contribution >= 0.6 is 0 Å². The molecule has 0 radical (unpaired) electrons. The van der Waals surface area contributed by atoms with E-state index in [2.05, 4.69) is 25.6 Å². The average Bonchev–Trinajstić information content (AvgIpc) is 3.18. The summed E-state index contributed by atoms with van der Waals surface area (Å²) in [6.07, 6.45) is 4.71. The second kappa shape index (κ2) is 7.63. The summed E-state index contributed by atoms with van der Waals surface area (Å²) in [6.45, 7) is 0.516. The summed E-state index contributed by atoms with van der Waals surface area (Å²) in [7, 11) is 0. The number of fused-ring (bicyclic) bond motifs is 3. The molecule has 146 valence electrons. The lowest BCUT2D eigenvalue weighted by atomic mass is 10.2. The Bertz CT molecular complexity index is 1350. The monoisotopic (exact) mass is 395 g/mol. The number of rotatable bonds is 5. The molecular formula is C23H17N5O2. The minimum Gasteiger partial charge on any atom is -0.450 e. The number of benzene rings is 2. The number of hydrogen-bond acceptors (Lipinski definition) is 6. The van der Waals surface area contributed by atoms with Crippen molar-refractivity contribution in [2.45, 2.75) is 6.54 Å². The third-order valence-corrected chi connectivity index (χ3v) is 4.75. The Morgan fingerprint density at radius 3 is 2.73 bits per heavy atom. The summed E-state index contributed by atoms with van der Waals surface area (Å²) in [5.41, 5.74) is 4.44. The summed E-state index contributed by atoms with van der Waals surface area (Å²) < 4.78 is 5.95. The Balaban J connectivity index is 1.35. The van der Waals surface area contributed by atoms with Crippen molar-refractivity contribution >= 4 is 39.5 Å². The first-order valence-electron chi connectivity index (χ1n) is 9.44. The lowest BCUT2D eigenvalue weighted by molar-refractivity contribution is 0.102. The highest BCUT2D eigenvalue weighted by Crippen LogP contribution is 2.30. The van der Waals surface area contributed by atoms with Crippen molar-refractivity contribution in [3.8, 4) is 0 Å². The fraction of sp³-hybridized carbons (Fsp3) is 0.0435. The van der Waals surface area contributed by atoms with Crippen molar-refractivity contribution in [2.75, 3.05) is 10.6 Å². The molecule has 2 N–H and O–H groups in total. The second-order valence-electron chi connectivity index (χ2n) is 6.74. The molecule has 30 heavy (non-hydrogen) atoms. The molecule has 0 atom stereocenters. The van der Waals surface area contributed by atoms with E-state index in [-0.39, 0.29) is 5.91 Å². The van der Waals surface area contributed by atoms with Gasteiger partial charge in [-0.2, -0.15) is 0 Å². The Morgan fingerprint density at radius 2 is 1.83 bits per heavy atom. The van der Waals surface area contributed by atoms with E-state index in [0.717, 1.165) is 22.0 Å². The zero-order valence-electron chi connectivity index (χ0n) is 15.9. The lowest BCUT2D eigenvalue weighted by Crippen LogP contribution is -2.12. The van der Waals surface area contributed by atoms with E-state index in [1.165, 1.54) is 6.33 Å². The Hall–Kier alpha value is -4.26. The molecule has 0 aliphatic heterocycles. The number of nitrogens with zero attached hydrogens (tertiary/aromatic N) is 3. The fourth-order valence-electron chi connectivity index (χ4n) is 3.30. The largest absolute Gasteiger partial charge is 0.450 e. The second-order valence-corrected chi connectivity index (χ2v) is 6.74. The van der Waals surface area contributed by atoms with Crippen LogP contribution in [0.25, 0.3) is 22.1 Å². The number of nitrogens with one attached hydrogen (secondary N) is 2. The number of carbonyl (C=O) groups is 1. The van der Waals surface area contributed by atoms with Gasteiger partial charge in [0.1, 0.15) is 17.4 Å². The standard InChI is InChI=1S/C23H17N5O2/c29-23(16-8-10-24-11-9-16)28-17-5-3-4-15(12-17)13-25-22-21-20(26-14-27-22)18-6-1-2-7-19(18)30-21/h1-12,14H,13H2,(H,28,29)(H,25,26,27). The van der Waals surface area contributed by atoms with Crippen molar-refractivity contribution in [1.82, 2.24) is 15.0 Å². The van der Waals surface area contributed by atoms with Crippen molar-refractivity contribution in [1.29, 1.82) is 0 Å². The molecular weight excluding hydrogens is 378 g/mol. The summed E-state index contributed by atoms with van der Waals surface area (Å²) in [5.74, 6) is 0.449. The number of amides is 1. The molecule has 5 rings (SSSR count). The molecule has 0 aliphatic rings. The topological polar surface area (TPSA) is 92.9 Å². The van der Waals surface area contributed by atoms with Gasteiger partial charge in [0.25, 0.3) is 5.91 Å². The molecule has 0 saturated heterocycles. The molecule has 7 nitrogen and oxygen atoms in total. The number of carbonyl (C=O) groups excluding carboxylic acids is 1. The van der Waals surface area contributed by atoms with Crippen molar-refractivity contribution in [2.24, 2.45) is 0 Å². The molecule has 5 aromatic rings. The quantitative estimate of drug-likeness (QED) is 0.450. The van der Waals surface area contributed by atoms with Gasteiger partial charge in [0.2, 0.25) is 0 Å². The Labute approximate surface area is 171 Å². The third kappa shape index (κ3) is 3.44. The Morgan fingerprint density at radius 1 is 0.967 bits per heavy atom. The number of anilines is 2. The molecule has 0 fully saturated rings. The summed E-state index contributed by atoms with van der Waals surface area (Å²) in [6, 6.07) is 18.8. The molecule has 0 aliphatic carbocycles. The van der Waals surface area contributed by atoms with Gasteiger partial charge < -0.3 is 15.1 Å². The summed E-state index contributed by atoms with van der Waals surface area (Å²) in [5, 5.41) is 7.17. The molecule has 0 spiro atoms. The normalized spacial score (nSPS) is 10.9. The van der Waals surface area contributed by atoms with Gasteiger partial charge in [-0.15, -0.1) is 0 Å². The van der Waals surface area contributed by atoms with Crippen LogP contribution in [-0.4, -0.2) is 20.9 Å². The van der Waals surface area contributed by atoms with E-state index in [0.29, 0.717) is 29.2 Å². The maximum Gasteiger partial charge on any atom is 0.255 e. The van der Waals surface area contributed by atoms with Gasteiger partial charge in [0.15, 0.2) is 11.4 Å². The van der Waals surface area contributed by atoms with Gasteiger partial charge in [-0.3, -0.25) is 9.78 Å². The van der Waals surface area contributed by atoms with Crippen molar-refractivity contribution < 1.29 is 9.21 Å². The van der Waals surface area contributed by atoms with Crippen LogP contribution in [-0.2, 0) is 6.54 Å². The predicted octanol–water partition coefficient (Wildman–Crippen LogP) is 4.64. The minimum absolute atomic E-state index is 0.178. The average molecular weight is 395 g/mol. The number of hydrogen-bond donors (Lipinski definition) is 2. The van der Waals surface area contributed by atoms with E-state index in [4.69, 9.17) is 4.42 Å². The van der Waals surface area contributed by atoms with Gasteiger partial charge in [-0.25, -0.2) is 9.97 Å². The van der Waals surface area contributed by atoms with Crippen LogP contribution in [0.1, 0.15) is 15.9 Å². The zero-order chi connectivity index (χ0) is 20.3. The van der Waals surface area contributed by atoms with Gasteiger partial charge in [-0.05, 0) is 42.0 Å². The van der Waals surface area contributed by atoms with Gasteiger partial charge in [0.05, 0.1) is 0 Å². The van der Waals surface area contributed by atoms with Gasteiger partial charge in [0, 0.05) is 35.6 Å². The molecule has 2 aromatic carbocycles. The molecule has 3 heterocycles. The minimum atomic E-state index is -0.178.